The zero-order chi connectivity index (χ0) is 19.7. The minimum absolute atomic E-state index is 0.258. The molecule has 0 heterocycles. The van der Waals surface area contributed by atoms with Gasteiger partial charge in [0, 0.05) is 17.1 Å². The number of carbonyl (C=O) groups is 1. The summed E-state index contributed by atoms with van der Waals surface area (Å²) < 4.78 is 30.9. The van der Waals surface area contributed by atoms with Crippen LogP contribution in [0.15, 0.2) is 89.8 Å². The van der Waals surface area contributed by atoms with E-state index in [-0.39, 0.29) is 10.6 Å². The molecule has 7 nitrogen and oxygen atoms in total. The number of carbonyl (C=O) groups excluding carboxylic acids is 1. The van der Waals surface area contributed by atoms with Gasteiger partial charge in [-0.1, -0.05) is 42.5 Å². The van der Waals surface area contributed by atoms with E-state index in [2.05, 4.69) is 10.6 Å². The van der Waals surface area contributed by atoms with Crippen LogP contribution in [-0.2, 0) is 10.1 Å². The van der Waals surface area contributed by atoms with Crippen molar-refractivity contribution in [1.29, 1.82) is 0 Å². The molecule has 8 heteroatoms. The molecular weight excluding hydrogens is 366 g/mol. The van der Waals surface area contributed by atoms with Crippen LogP contribution in [0.25, 0.3) is 0 Å². The second-order valence-corrected chi connectivity index (χ2v) is 6.78. The molecule has 0 saturated heterocycles. The van der Waals surface area contributed by atoms with Gasteiger partial charge >= 0.3 is 6.03 Å². The van der Waals surface area contributed by atoms with Gasteiger partial charge in [0.05, 0.1) is 4.90 Å². The molecule has 2 amide bonds. The topological polar surface area (TPSA) is 122 Å². The lowest BCUT2D eigenvalue weighted by atomic mass is 10.3. The van der Waals surface area contributed by atoms with Gasteiger partial charge in [-0.2, -0.15) is 8.42 Å². The number of amides is 2. The minimum atomic E-state index is -4.29. The predicted octanol–water partition coefficient (Wildman–Crippen LogP) is 3.85. The van der Waals surface area contributed by atoms with Gasteiger partial charge in [-0.15, -0.1) is 0 Å². The van der Waals surface area contributed by atoms with Gasteiger partial charge in [0.15, 0.2) is 0 Å². The molecule has 140 valence electrons. The summed E-state index contributed by atoms with van der Waals surface area (Å²) in [7, 11) is -4.29. The third-order valence-corrected chi connectivity index (χ3v) is 4.07. The number of rotatable bonds is 3. The average Bonchev–Trinajstić information content (AvgIpc) is 2.63. The quantitative estimate of drug-likeness (QED) is 0.403. The molecular formula is C19H19N3O4S. The Bertz CT molecular complexity index is 978. The Morgan fingerprint density at radius 1 is 0.778 bits per heavy atom. The van der Waals surface area contributed by atoms with Gasteiger partial charge in [0.25, 0.3) is 10.1 Å². The first-order valence-corrected chi connectivity index (χ1v) is 9.30. The Morgan fingerprint density at radius 2 is 1.30 bits per heavy atom. The fourth-order valence-electron chi connectivity index (χ4n) is 2.00. The molecule has 27 heavy (non-hydrogen) atoms. The summed E-state index contributed by atoms with van der Waals surface area (Å²) in [5, 5.41) is 5.06. The van der Waals surface area contributed by atoms with E-state index in [4.69, 9.17) is 10.3 Å². The fraction of sp³-hybridized carbons (Fsp3) is 0. The van der Waals surface area contributed by atoms with Crippen LogP contribution in [-0.4, -0.2) is 19.0 Å². The summed E-state index contributed by atoms with van der Waals surface area (Å²) in [5.74, 6) is 0. The smallest absolute Gasteiger partial charge is 0.323 e. The van der Waals surface area contributed by atoms with Crippen molar-refractivity contribution < 1.29 is 17.8 Å². The largest absolute Gasteiger partial charge is 0.399 e. The molecule has 3 aromatic rings. The van der Waals surface area contributed by atoms with Crippen LogP contribution >= 0.6 is 0 Å². The number of para-hydroxylation sites is 2. The third kappa shape index (κ3) is 7.18. The van der Waals surface area contributed by atoms with Crippen LogP contribution < -0.4 is 16.4 Å². The Morgan fingerprint density at radius 3 is 1.81 bits per heavy atom. The van der Waals surface area contributed by atoms with Crippen molar-refractivity contribution in [2.75, 3.05) is 16.4 Å². The van der Waals surface area contributed by atoms with E-state index >= 15 is 0 Å². The summed E-state index contributed by atoms with van der Waals surface area (Å²) in [6.45, 7) is 0. The maximum Gasteiger partial charge on any atom is 0.323 e. The van der Waals surface area contributed by atoms with Crippen molar-refractivity contribution in [3.63, 3.8) is 0 Å². The van der Waals surface area contributed by atoms with Crippen molar-refractivity contribution in [2.24, 2.45) is 0 Å². The molecule has 0 aliphatic rings. The van der Waals surface area contributed by atoms with Gasteiger partial charge < -0.3 is 16.4 Å². The van der Waals surface area contributed by atoms with Crippen LogP contribution in [0.3, 0.4) is 0 Å². The molecule has 0 bridgehead atoms. The van der Waals surface area contributed by atoms with Gasteiger partial charge in [0.2, 0.25) is 0 Å². The number of nitrogens with one attached hydrogen (secondary N) is 2. The molecule has 0 aliphatic heterocycles. The molecule has 0 atom stereocenters. The maximum atomic E-state index is 11.7. The number of nitrogen functional groups attached to an aromatic ring is 1. The van der Waals surface area contributed by atoms with Crippen LogP contribution in [0, 0.1) is 0 Å². The number of hydrogen-bond acceptors (Lipinski definition) is 4. The Balaban J connectivity index is 0.000000313. The van der Waals surface area contributed by atoms with E-state index in [0.717, 1.165) is 5.69 Å². The SMILES string of the molecule is Nc1ccccc1.O=C(Nc1ccccc1)Nc1cccc(S(=O)(=O)O)c1. The standard InChI is InChI=1S/C13H12N2O4S.C6H7N/c16-13(14-10-5-2-1-3-6-10)15-11-7-4-8-12(9-11)20(17,18)19;7-6-4-2-1-3-5-6/h1-9H,(H2,14,15,16)(H,17,18,19);1-5H,7H2. The van der Waals surface area contributed by atoms with E-state index in [1.54, 1.807) is 24.3 Å². The summed E-state index contributed by atoms with van der Waals surface area (Å²) in [6.07, 6.45) is 0. The number of nitrogens with two attached hydrogens (primary N) is 1. The zero-order valence-corrected chi connectivity index (χ0v) is 15.1. The predicted molar refractivity (Wildman–Crippen MR) is 106 cm³/mol. The first-order chi connectivity index (χ1) is 12.8. The monoisotopic (exact) mass is 385 g/mol. The minimum Gasteiger partial charge on any atom is -0.399 e. The van der Waals surface area contributed by atoms with Crippen LogP contribution in [0.1, 0.15) is 0 Å². The van der Waals surface area contributed by atoms with Gasteiger partial charge in [-0.05, 0) is 42.5 Å². The average molecular weight is 385 g/mol. The van der Waals surface area contributed by atoms with E-state index in [1.165, 1.54) is 24.3 Å². The highest BCUT2D eigenvalue weighted by atomic mass is 32.2. The third-order valence-electron chi connectivity index (χ3n) is 3.22. The molecule has 0 fully saturated rings. The lowest BCUT2D eigenvalue weighted by Gasteiger charge is -2.08. The second-order valence-electron chi connectivity index (χ2n) is 5.36. The highest BCUT2D eigenvalue weighted by molar-refractivity contribution is 7.85. The summed E-state index contributed by atoms with van der Waals surface area (Å²) in [6, 6.07) is 23.1. The van der Waals surface area contributed by atoms with Crippen LogP contribution in [0.2, 0.25) is 0 Å². The van der Waals surface area contributed by atoms with Gasteiger partial charge in [0.1, 0.15) is 0 Å². The lowest BCUT2D eigenvalue weighted by Crippen LogP contribution is -2.19. The summed E-state index contributed by atoms with van der Waals surface area (Å²) in [4.78, 5) is 11.4. The molecule has 5 N–H and O–H groups in total. The normalized spacial score (nSPS) is 10.3. The highest BCUT2D eigenvalue weighted by Crippen LogP contribution is 2.15. The van der Waals surface area contributed by atoms with Crippen LogP contribution in [0.5, 0.6) is 0 Å². The molecule has 0 radical (unpaired) electrons. The van der Waals surface area contributed by atoms with E-state index in [1.807, 2.05) is 36.4 Å². The first-order valence-electron chi connectivity index (χ1n) is 7.86. The van der Waals surface area contributed by atoms with Crippen molar-refractivity contribution in [1.82, 2.24) is 0 Å². The maximum absolute atomic E-state index is 11.7. The molecule has 0 aliphatic carbocycles. The summed E-state index contributed by atoms with van der Waals surface area (Å²) >= 11 is 0. The number of benzene rings is 3. The van der Waals surface area contributed by atoms with Crippen LogP contribution in [0.4, 0.5) is 21.9 Å². The summed E-state index contributed by atoms with van der Waals surface area (Å²) in [5.41, 5.74) is 7.04. The number of hydrogen-bond donors (Lipinski definition) is 4. The van der Waals surface area contributed by atoms with Crippen molar-refractivity contribution in [3.05, 3.63) is 84.9 Å². The van der Waals surface area contributed by atoms with Gasteiger partial charge in [-0.3, -0.25) is 4.55 Å². The molecule has 3 aromatic carbocycles. The number of urea groups is 1. The van der Waals surface area contributed by atoms with Gasteiger partial charge in [-0.25, -0.2) is 4.79 Å². The lowest BCUT2D eigenvalue weighted by molar-refractivity contribution is 0.262. The highest BCUT2D eigenvalue weighted by Gasteiger charge is 2.10. The van der Waals surface area contributed by atoms with E-state index in [0.29, 0.717) is 5.69 Å². The zero-order valence-electron chi connectivity index (χ0n) is 14.2. The fourth-order valence-corrected chi connectivity index (χ4v) is 2.53. The number of anilines is 3. The molecule has 0 spiro atoms. The molecule has 3 rings (SSSR count). The molecule has 0 unspecified atom stereocenters. The van der Waals surface area contributed by atoms with Crippen molar-refractivity contribution in [3.8, 4) is 0 Å². The Labute approximate surface area is 157 Å². The molecule has 0 saturated carbocycles. The van der Waals surface area contributed by atoms with E-state index < -0.39 is 16.1 Å². The molecule has 0 aromatic heterocycles. The second kappa shape index (κ2) is 9.37. The van der Waals surface area contributed by atoms with Crippen molar-refractivity contribution in [2.45, 2.75) is 4.90 Å². The first kappa shape index (κ1) is 20.0. The Kier molecular flexibility index (Phi) is 6.93. The Hall–Kier alpha value is -3.36. The van der Waals surface area contributed by atoms with Crippen molar-refractivity contribution >= 4 is 33.2 Å². The van der Waals surface area contributed by atoms with E-state index in [9.17, 15) is 13.2 Å².